The maximum absolute atomic E-state index is 12.7. The lowest BCUT2D eigenvalue weighted by Gasteiger charge is -2.42. The van der Waals surface area contributed by atoms with Gasteiger partial charge in [-0.25, -0.2) is 23.4 Å². The average Bonchev–Trinajstić information content (AvgIpc) is 3.44. The third-order valence-corrected chi connectivity index (χ3v) is 8.53. The lowest BCUT2D eigenvalue weighted by Crippen LogP contribution is -2.49. The number of pyridine rings is 1. The highest BCUT2D eigenvalue weighted by atomic mass is 32.2. The van der Waals surface area contributed by atoms with Crippen LogP contribution < -0.4 is 14.8 Å². The Hall–Kier alpha value is -3.45. The van der Waals surface area contributed by atoms with E-state index < -0.39 is 16.4 Å². The van der Waals surface area contributed by atoms with Crippen molar-refractivity contribution in [3.8, 4) is 5.75 Å². The van der Waals surface area contributed by atoms with E-state index in [4.69, 9.17) is 0 Å². The van der Waals surface area contributed by atoms with Crippen LogP contribution in [0.25, 0.3) is 0 Å². The maximum Gasteiger partial charge on any atom is 0.573 e. The number of ether oxygens (including phenoxy) is 1. The van der Waals surface area contributed by atoms with E-state index >= 15 is 0 Å². The Bertz CT molecular complexity index is 1350. The van der Waals surface area contributed by atoms with Crippen LogP contribution in [0.1, 0.15) is 43.6 Å². The molecule has 3 unspecified atom stereocenters. The van der Waals surface area contributed by atoms with Crippen LogP contribution in [0.4, 0.5) is 24.8 Å². The molecule has 1 saturated carbocycles. The molecule has 3 atom stereocenters. The van der Waals surface area contributed by atoms with Crippen molar-refractivity contribution in [3.63, 3.8) is 0 Å². The van der Waals surface area contributed by atoms with Gasteiger partial charge in [0, 0.05) is 24.5 Å². The normalized spacial score (nSPS) is 22.4. The number of rotatable bonds is 8. The third kappa shape index (κ3) is 6.95. The van der Waals surface area contributed by atoms with E-state index in [0.29, 0.717) is 5.82 Å². The summed E-state index contributed by atoms with van der Waals surface area (Å²) in [5, 5.41) is 3.49. The number of nitrogens with zero attached hydrogens (tertiary/aromatic N) is 4. The predicted molar refractivity (Wildman–Crippen MR) is 139 cm³/mol. The number of nitrogens with one attached hydrogen (secondary N) is 2. The fourth-order valence-electron chi connectivity index (χ4n) is 5.42. The van der Waals surface area contributed by atoms with Crippen LogP contribution in [0.5, 0.6) is 5.75 Å². The number of anilines is 2. The number of aromatic nitrogens is 3. The number of likely N-dealkylation sites (tertiary alicyclic amines) is 1. The molecule has 39 heavy (non-hydrogen) atoms. The standard InChI is InChI=1S/C26H29F3N6O3S/c27-26(28,29)38-20-5-3-4-18(14-20)19-6-8-22(23(15-19)35-12-1-2-13-35)33-24-9-7-21(16-31-24)39(36,37)34-25-10-11-30-17-32-25/h3-5,7,9-11,14,16-17,19,22-23H,1-2,6,8,12-13,15H2,(H,31,33)(H,30,32,34). The zero-order valence-corrected chi connectivity index (χ0v) is 21.8. The minimum absolute atomic E-state index is 0.00687. The van der Waals surface area contributed by atoms with E-state index in [1.54, 1.807) is 12.1 Å². The topological polar surface area (TPSA) is 109 Å². The molecule has 1 saturated heterocycles. The highest BCUT2D eigenvalue weighted by Gasteiger charge is 2.37. The van der Waals surface area contributed by atoms with Crippen LogP contribution >= 0.6 is 0 Å². The quantitative estimate of drug-likeness (QED) is 0.404. The molecule has 1 aliphatic carbocycles. The first kappa shape index (κ1) is 27.1. The third-order valence-electron chi connectivity index (χ3n) is 7.19. The Balaban J connectivity index is 1.28. The number of benzene rings is 1. The number of alkyl halides is 3. The van der Waals surface area contributed by atoms with Crippen molar-refractivity contribution >= 4 is 21.7 Å². The summed E-state index contributed by atoms with van der Waals surface area (Å²) >= 11 is 0. The number of halogens is 3. The van der Waals surface area contributed by atoms with Crippen molar-refractivity contribution in [3.05, 3.63) is 66.7 Å². The molecule has 13 heteroatoms. The van der Waals surface area contributed by atoms with Gasteiger partial charge in [0.1, 0.15) is 28.6 Å². The molecule has 0 bridgehead atoms. The molecule has 1 aliphatic heterocycles. The largest absolute Gasteiger partial charge is 0.573 e. The van der Waals surface area contributed by atoms with Gasteiger partial charge in [-0.3, -0.25) is 9.62 Å². The molecule has 5 rings (SSSR count). The van der Waals surface area contributed by atoms with E-state index in [1.807, 2.05) is 6.07 Å². The van der Waals surface area contributed by atoms with Gasteiger partial charge < -0.3 is 10.1 Å². The minimum Gasteiger partial charge on any atom is -0.406 e. The first-order chi connectivity index (χ1) is 18.7. The van der Waals surface area contributed by atoms with E-state index in [0.717, 1.165) is 50.8 Å². The van der Waals surface area contributed by atoms with Gasteiger partial charge >= 0.3 is 6.36 Å². The Morgan fingerprint density at radius 1 is 1.00 bits per heavy atom. The van der Waals surface area contributed by atoms with E-state index in [1.165, 1.54) is 43.0 Å². The van der Waals surface area contributed by atoms with Crippen molar-refractivity contribution in [2.24, 2.45) is 0 Å². The molecule has 208 valence electrons. The molecule has 3 aromatic rings. The van der Waals surface area contributed by atoms with Gasteiger partial charge in [-0.1, -0.05) is 12.1 Å². The van der Waals surface area contributed by atoms with Gasteiger partial charge in [-0.05, 0) is 87.0 Å². The smallest absolute Gasteiger partial charge is 0.406 e. The molecule has 1 aromatic carbocycles. The van der Waals surface area contributed by atoms with Gasteiger partial charge in [0.2, 0.25) is 0 Å². The number of sulfonamides is 1. The molecule has 0 spiro atoms. The van der Waals surface area contributed by atoms with Crippen LogP contribution in [0.15, 0.2) is 66.1 Å². The molecule has 2 aromatic heterocycles. The van der Waals surface area contributed by atoms with E-state index in [2.05, 4.69) is 34.6 Å². The molecule has 0 radical (unpaired) electrons. The van der Waals surface area contributed by atoms with Gasteiger partial charge in [0.25, 0.3) is 10.0 Å². The fraction of sp³-hybridized carbons (Fsp3) is 0.423. The molecule has 3 heterocycles. The molecule has 2 aliphatic rings. The lowest BCUT2D eigenvalue weighted by molar-refractivity contribution is -0.274. The summed E-state index contributed by atoms with van der Waals surface area (Å²) in [4.78, 5) is 14.5. The molecule has 9 nitrogen and oxygen atoms in total. The average molecular weight is 563 g/mol. The summed E-state index contributed by atoms with van der Waals surface area (Å²) in [5.41, 5.74) is 0.836. The van der Waals surface area contributed by atoms with Crippen molar-refractivity contribution in [2.75, 3.05) is 23.1 Å². The highest BCUT2D eigenvalue weighted by Crippen LogP contribution is 2.39. The summed E-state index contributed by atoms with van der Waals surface area (Å²) in [7, 11) is -3.86. The second kappa shape index (κ2) is 11.3. The summed E-state index contributed by atoms with van der Waals surface area (Å²) < 4.78 is 70.2. The zero-order valence-electron chi connectivity index (χ0n) is 21.0. The summed E-state index contributed by atoms with van der Waals surface area (Å²) in [5.74, 6) is 0.613. The van der Waals surface area contributed by atoms with Crippen LogP contribution in [-0.4, -0.2) is 59.8 Å². The predicted octanol–water partition coefficient (Wildman–Crippen LogP) is 4.78. The van der Waals surface area contributed by atoms with Crippen molar-refractivity contribution in [2.45, 2.75) is 61.4 Å². The Morgan fingerprint density at radius 3 is 2.51 bits per heavy atom. The Labute approximate surface area is 224 Å². The maximum atomic E-state index is 12.7. The van der Waals surface area contributed by atoms with Gasteiger partial charge in [0.05, 0.1) is 0 Å². The van der Waals surface area contributed by atoms with Crippen molar-refractivity contribution in [1.82, 2.24) is 19.9 Å². The zero-order chi connectivity index (χ0) is 27.5. The molecule has 2 fully saturated rings. The fourth-order valence-corrected chi connectivity index (χ4v) is 6.38. The number of hydrogen-bond donors (Lipinski definition) is 2. The van der Waals surface area contributed by atoms with Crippen LogP contribution in [0, 0.1) is 0 Å². The lowest BCUT2D eigenvalue weighted by atomic mass is 9.78. The second-order valence-electron chi connectivity index (χ2n) is 9.77. The van der Waals surface area contributed by atoms with Gasteiger partial charge in [0.15, 0.2) is 0 Å². The summed E-state index contributed by atoms with van der Waals surface area (Å²) in [6.07, 6.45) is 3.82. The molecular weight excluding hydrogens is 533 g/mol. The van der Waals surface area contributed by atoms with Crippen LogP contribution in [0.3, 0.4) is 0 Å². The minimum atomic E-state index is -4.73. The first-order valence-electron chi connectivity index (χ1n) is 12.8. The molecule has 0 amide bonds. The summed E-state index contributed by atoms with van der Waals surface area (Å²) in [6, 6.07) is 11.1. The second-order valence-corrected chi connectivity index (χ2v) is 11.5. The van der Waals surface area contributed by atoms with Gasteiger partial charge in [-0.15, -0.1) is 13.2 Å². The van der Waals surface area contributed by atoms with E-state index in [9.17, 15) is 21.6 Å². The highest BCUT2D eigenvalue weighted by molar-refractivity contribution is 7.92. The van der Waals surface area contributed by atoms with Crippen molar-refractivity contribution in [1.29, 1.82) is 0 Å². The van der Waals surface area contributed by atoms with Crippen molar-refractivity contribution < 1.29 is 26.3 Å². The van der Waals surface area contributed by atoms with E-state index in [-0.39, 0.29) is 34.5 Å². The summed E-state index contributed by atoms with van der Waals surface area (Å²) in [6.45, 7) is 1.93. The Morgan fingerprint density at radius 2 is 1.82 bits per heavy atom. The monoisotopic (exact) mass is 562 g/mol. The number of hydrogen-bond acceptors (Lipinski definition) is 8. The first-order valence-corrected chi connectivity index (χ1v) is 14.3. The van der Waals surface area contributed by atoms with Gasteiger partial charge in [-0.2, -0.15) is 0 Å². The SMILES string of the molecule is O=S(=O)(Nc1ccncn1)c1ccc(NC2CCC(c3cccc(OC(F)(F)F)c3)CC2N2CCCC2)nc1. The molecular formula is C26H29F3N6O3S. The van der Waals surface area contributed by atoms with Crippen LogP contribution in [-0.2, 0) is 10.0 Å². The molecule has 2 N–H and O–H groups in total. The Kier molecular flexibility index (Phi) is 7.89. The van der Waals surface area contributed by atoms with Crippen LogP contribution in [0.2, 0.25) is 0 Å².